The van der Waals surface area contributed by atoms with Gasteiger partial charge in [0, 0.05) is 43.5 Å². The summed E-state index contributed by atoms with van der Waals surface area (Å²) in [5.74, 6) is 2.34. The number of aromatic nitrogens is 4. The quantitative estimate of drug-likeness (QED) is 0.148. The zero-order chi connectivity index (χ0) is 40.5. The first-order chi connectivity index (χ1) is 27.5. The molecule has 2 aromatic heterocycles. The van der Waals surface area contributed by atoms with Crippen molar-refractivity contribution >= 4 is 72.2 Å². The molecule has 2 unspecified atom stereocenters. The third kappa shape index (κ3) is 8.02. The van der Waals surface area contributed by atoms with Crippen LogP contribution in [-0.4, -0.2) is 47.5 Å². The number of imidazole rings is 2. The van der Waals surface area contributed by atoms with Crippen LogP contribution in [0.25, 0.3) is 11.4 Å². The number of methoxy groups -OCH3 is 4. The zero-order valence-electron chi connectivity index (χ0n) is 31.5. The highest BCUT2D eigenvalue weighted by Crippen LogP contribution is 2.49. The van der Waals surface area contributed by atoms with Crippen LogP contribution < -0.4 is 18.9 Å². The summed E-state index contributed by atoms with van der Waals surface area (Å²) in [6, 6.07) is 18.8. The topological polar surface area (TPSA) is 78.4 Å². The second-order valence-corrected chi connectivity index (χ2v) is 16.9. The molecule has 2 aliphatic carbocycles. The van der Waals surface area contributed by atoms with Crippen LogP contribution in [0.1, 0.15) is 71.4 Å². The Balaban J connectivity index is 0.000000174. The third-order valence-corrected chi connectivity index (χ3v) is 13.9. The highest BCUT2D eigenvalue weighted by molar-refractivity contribution is 9.13. The Hall–Kier alpha value is -3.76. The number of aryl methyl sites for hydroxylation is 2. The molecule has 4 aromatic carbocycles. The van der Waals surface area contributed by atoms with E-state index in [9.17, 15) is 8.78 Å². The van der Waals surface area contributed by atoms with Gasteiger partial charge in [-0.15, -0.1) is 0 Å². The standard InChI is InChI=1S/C21H19Br2FN2O2S.C21H20BrFN2O2S/c1-27-16-10-14(17(22)18(23)20(16)28-2)13-4-3-5-15-19(13)26(21(29)25-15)12-8-6-11(24)7-9-12;1-26-18-10-15(16(22)11-19(18)27-2)14-4-3-5-17-20(14)25(21(28)24-17)13-8-6-12(23)7-9-13/h6-10,13H,3-5H2,1-2H3,(H,25,29);6-11,14H,3-5H2,1-2H3,(H,24,28). The smallest absolute Gasteiger partial charge is 0.182 e. The van der Waals surface area contributed by atoms with Crippen LogP contribution >= 0.6 is 72.2 Å². The van der Waals surface area contributed by atoms with Crippen molar-refractivity contribution in [3.63, 3.8) is 0 Å². The van der Waals surface area contributed by atoms with Gasteiger partial charge in [0.15, 0.2) is 32.5 Å². The molecule has 0 spiro atoms. The largest absolute Gasteiger partial charge is 0.493 e. The van der Waals surface area contributed by atoms with Gasteiger partial charge in [-0.1, -0.05) is 15.9 Å². The molecule has 0 aliphatic heterocycles. The molecule has 298 valence electrons. The van der Waals surface area contributed by atoms with E-state index in [1.165, 1.54) is 24.3 Å². The van der Waals surface area contributed by atoms with E-state index in [4.69, 9.17) is 43.4 Å². The second-order valence-electron chi connectivity index (χ2n) is 13.7. The summed E-state index contributed by atoms with van der Waals surface area (Å²) in [7, 11) is 6.51. The molecular weight excluding hydrogens is 966 g/mol. The first kappa shape index (κ1) is 41.4. The van der Waals surface area contributed by atoms with E-state index in [1.54, 1.807) is 52.7 Å². The van der Waals surface area contributed by atoms with E-state index in [0.29, 0.717) is 32.5 Å². The van der Waals surface area contributed by atoms with Crippen LogP contribution in [-0.2, 0) is 12.8 Å². The fraction of sp³-hybridized carbons (Fsp3) is 0.286. The minimum Gasteiger partial charge on any atom is -0.493 e. The maximum absolute atomic E-state index is 13.5. The molecule has 2 atom stereocenters. The molecule has 0 saturated heterocycles. The Kier molecular flexibility index (Phi) is 12.8. The van der Waals surface area contributed by atoms with Gasteiger partial charge in [-0.2, -0.15) is 0 Å². The van der Waals surface area contributed by atoms with Crippen LogP contribution in [0.3, 0.4) is 0 Å². The van der Waals surface area contributed by atoms with Crippen molar-refractivity contribution < 1.29 is 27.7 Å². The number of hydrogen-bond acceptors (Lipinski definition) is 6. The first-order valence-electron chi connectivity index (χ1n) is 18.2. The summed E-state index contributed by atoms with van der Waals surface area (Å²) < 4.78 is 56.9. The fourth-order valence-electron chi connectivity index (χ4n) is 7.98. The van der Waals surface area contributed by atoms with Crippen molar-refractivity contribution in [2.24, 2.45) is 0 Å². The Morgan fingerprint density at radius 1 is 0.596 bits per heavy atom. The van der Waals surface area contributed by atoms with E-state index in [1.807, 2.05) is 27.3 Å². The number of H-pyrrole nitrogens is 2. The molecular formula is C42H39Br3F2N4O4S2. The fourth-order valence-corrected chi connectivity index (χ4v) is 10.4. The van der Waals surface area contributed by atoms with Crippen LogP contribution in [0.2, 0.25) is 0 Å². The number of aromatic amines is 2. The predicted octanol–water partition coefficient (Wildman–Crippen LogP) is 12.6. The SMILES string of the molecule is COc1cc(Br)c(C2CCCc3[nH]c(=S)n(-c4ccc(F)cc4)c32)cc1OC.COc1cc(C2CCCc3[nH]c(=S)n(-c4ccc(F)cc4)c32)c(Br)c(Br)c1OC. The van der Waals surface area contributed by atoms with Gasteiger partial charge in [0.25, 0.3) is 0 Å². The van der Waals surface area contributed by atoms with Crippen molar-refractivity contribution in [2.45, 2.75) is 50.4 Å². The van der Waals surface area contributed by atoms with Crippen LogP contribution in [0.15, 0.2) is 80.1 Å². The molecule has 0 fully saturated rings. The van der Waals surface area contributed by atoms with Gasteiger partial charge in [-0.25, -0.2) is 8.78 Å². The van der Waals surface area contributed by atoms with Crippen molar-refractivity contribution in [3.05, 3.63) is 135 Å². The molecule has 8 nitrogen and oxygen atoms in total. The van der Waals surface area contributed by atoms with Crippen LogP contribution in [0.5, 0.6) is 23.0 Å². The second kappa shape index (κ2) is 17.6. The van der Waals surface area contributed by atoms with Gasteiger partial charge in [-0.05, 0) is 173 Å². The predicted molar refractivity (Wildman–Crippen MR) is 234 cm³/mol. The number of benzene rings is 4. The van der Waals surface area contributed by atoms with Crippen molar-refractivity contribution in [1.82, 2.24) is 19.1 Å². The van der Waals surface area contributed by atoms with Gasteiger partial charge in [0.1, 0.15) is 11.6 Å². The van der Waals surface area contributed by atoms with Crippen LogP contribution in [0, 0.1) is 21.2 Å². The van der Waals surface area contributed by atoms with E-state index in [-0.39, 0.29) is 23.5 Å². The monoisotopic (exact) mass is 1000 g/mol. The Labute approximate surface area is 364 Å². The van der Waals surface area contributed by atoms with Gasteiger partial charge in [0.2, 0.25) is 0 Å². The third-order valence-electron chi connectivity index (χ3n) is 10.5. The molecule has 8 rings (SSSR count). The summed E-state index contributed by atoms with van der Waals surface area (Å²) in [4.78, 5) is 6.73. The Morgan fingerprint density at radius 3 is 1.49 bits per heavy atom. The van der Waals surface area contributed by atoms with Crippen molar-refractivity contribution in [1.29, 1.82) is 0 Å². The highest BCUT2D eigenvalue weighted by atomic mass is 79.9. The molecule has 0 bridgehead atoms. The lowest BCUT2D eigenvalue weighted by Gasteiger charge is -2.27. The summed E-state index contributed by atoms with van der Waals surface area (Å²) >= 11 is 22.3. The molecule has 57 heavy (non-hydrogen) atoms. The maximum Gasteiger partial charge on any atom is 0.182 e. The molecule has 2 N–H and O–H groups in total. The molecule has 2 aliphatic rings. The summed E-state index contributed by atoms with van der Waals surface area (Å²) in [5, 5.41) is 0. The number of halogens is 5. The van der Waals surface area contributed by atoms with Gasteiger partial charge in [-0.3, -0.25) is 9.13 Å². The molecule has 2 heterocycles. The van der Waals surface area contributed by atoms with E-state index in [0.717, 1.165) is 97.2 Å². The molecule has 15 heteroatoms. The van der Waals surface area contributed by atoms with Crippen molar-refractivity contribution in [3.8, 4) is 34.4 Å². The molecule has 0 saturated carbocycles. The highest BCUT2D eigenvalue weighted by Gasteiger charge is 2.32. The van der Waals surface area contributed by atoms with Gasteiger partial charge < -0.3 is 28.9 Å². The number of fused-ring (bicyclic) bond motifs is 2. The Morgan fingerprint density at radius 2 is 1.04 bits per heavy atom. The molecule has 0 radical (unpaired) electrons. The summed E-state index contributed by atoms with van der Waals surface area (Å²) in [5.41, 5.74) is 8.37. The van der Waals surface area contributed by atoms with E-state index >= 15 is 0 Å². The summed E-state index contributed by atoms with van der Waals surface area (Å²) in [6.45, 7) is 0. The van der Waals surface area contributed by atoms with Gasteiger partial charge >= 0.3 is 0 Å². The number of nitrogens with one attached hydrogen (secondary N) is 2. The van der Waals surface area contributed by atoms with Gasteiger partial charge in [0.05, 0.1) is 44.3 Å². The average Bonchev–Trinajstić information content (AvgIpc) is 3.74. The number of rotatable bonds is 8. The minimum atomic E-state index is -0.271. The van der Waals surface area contributed by atoms with E-state index in [2.05, 4.69) is 57.8 Å². The number of ether oxygens (including phenoxy) is 4. The van der Waals surface area contributed by atoms with E-state index < -0.39 is 0 Å². The minimum absolute atomic E-state index is 0.0854. The zero-order valence-corrected chi connectivity index (χ0v) is 37.9. The number of nitrogens with zero attached hydrogens (tertiary/aromatic N) is 2. The normalized spacial score (nSPS) is 15.9. The number of hydrogen-bond donors (Lipinski definition) is 2. The lowest BCUT2D eigenvalue weighted by Crippen LogP contribution is -2.16. The molecule has 0 amide bonds. The Bertz CT molecular complexity index is 2550. The maximum atomic E-state index is 13.5. The molecule has 6 aromatic rings. The lowest BCUT2D eigenvalue weighted by molar-refractivity contribution is 0.352. The first-order valence-corrected chi connectivity index (χ1v) is 21.4. The lowest BCUT2D eigenvalue weighted by atomic mass is 9.84. The van der Waals surface area contributed by atoms with Crippen LogP contribution in [0.4, 0.5) is 8.78 Å². The van der Waals surface area contributed by atoms with Crippen molar-refractivity contribution in [2.75, 3.05) is 28.4 Å². The summed E-state index contributed by atoms with van der Waals surface area (Å²) in [6.07, 6.45) is 5.90. The average molecular weight is 1010 g/mol.